The first-order valence-electron chi connectivity index (χ1n) is 3.77. The first-order valence-corrected chi connectivity index (χ1v) is 4.15. The van der Waals surface area contributed by atoms with Crippen LogP contribution >= 0.6 is 11.6 Å². The smallest absolute Gasteiger partial charge is 0.252 e. The lowest BCUT2D eigenvalue weighted by atomic mass is 10.0. The first-order chi connectivity index (χ1) is 6.06. The van der Waals surface area contributed by atoms with Crippen molar-refractivity contribution in [2.75, 3.05) is 0 Å². The fourth-order valence-electron chi connectivity index (χ4n) is 1.25. The topological polar surface area (TPSA) is 40.9 Å². The summed E-state index contributed by atoms with van der Waals surface area (Å²) in [7, 11) is 0. The second kappa shape index (κ2) is 3.59. The van der Waals surface area contributed by atoms with Crippen molar-refractivity contribution < 1.29 is 4.79 Å². The zero-order chi connectivity index (χ0) is 10.0. The van der Waals surface area contributed by atoms with Crippen molar-refractivity contribution >= 4 is 16.8 Å². The zero-order valence-corrected chi connectivity index (χ0v) is 8.14. The summed E-state index contributed by atoms with van der Waals surface area (Å²) in [6, 6.07) is 5.33. The third-order valence-corrected chi connectivity index (χ3v) is 2.09. The highest BCUT2D eigenvalue weighted by molar-refractivity contribution is 6.67. The molecule has 0 aliphatic rings. The molecule has 0 spiro atoms. The van der Waals surface area contributed by atoms with Crippen LogP contribution in [0.3, 0.4) is 0 Å². The van der Waals surface area contributed by atoms with Crippen LogP contribution in [0.15, 0.2) is 12.1 Å². The van der Waals surface area contributed by atoms with Gasteiger partial charge in [-0.15, -0.1) is 0 Å². The highest BCUT2D eigenvalue weighted by Crippen LogP contribution is 2.16. The summed E-state index contributed by atoms with van der Waals surface area (Å²) in [6.07, 6.45) is 0. The molecule has 0 heterocycles. The van der Waals surface area contributed by atoms with Crippen LogP contribution in [0.25, 0.3) is 0 Å². The average molecular weight is 194 g/mol. The van der Waals surface area contributed by atoms with Crippen LogP contribution in [-0.4, -0.2) is 5.24 Å². The standard InChI is InChI=1S/C10H8ClNO/c1-6-3-8(10(11)13)4-7(2)9(6)5-12/h3-4H,1-2H3. The fourth-order valence-corrected chi connectivity index (χ4v) is 1.36. The van der Waals surface area contributed by atoms with Crippen molar-refractivity contribution in [2.24, 2.45) is 0 Å². The third-order valence-electron chi connectivity index (χ3n) is 1.87. The van der Waals surface area contributed by atoms with Crippen LogP contribution in [0.5, 0.6) is 0 Å². The lowest BCUT2D eigenvalue weighted by Crippen LogP contribution is -1.95. The molecule has 0 radical (unpaired) electrons. The number of nitriles is 1. The van der Waals surface area contributed by atoms with Crippen LogP contribution in [0, 0.1) is 25.2 Å². The second-order valence-electron chi connectivity index (χ2n) is 2.87. The molecule has 0 saturated carbocycles. The second-order valence-corrected chi connectivity index (χ2v) is 3.21. The Morgan fingerprint density at radius 1 is 1.38 bits per heavy atom. The molecular formula is C10H8ClNO. The van der Waals surface area contributed by atoms with Gasteiger partial charge in [-0.25, -0.2) is 0 Å². The van der Waals surface area contributed by atoms with Crippen LogP contribution in [0.1, 0.15) is 27.0 Å². The summed E-state index contributed by atoms with van der Waals surface area (Å²) < 4.78 is 0. The molecule has 0 aromatic heterocycles. The van der Waals surface area contributed by atoms with E-state index in [1.807, 2.05) is 0 Å². The Morgan fingerprint density at radius 3 is 2.15 bits per heavy atom. The number of benzene rings is 1. The van der Waals surface area contributed by atoms with E-state index in [1.165, 1.54) is 0 Å². The lowest BCUT2D eigenvalue weighted by Gasteiger charge is -2.03. The van der Waals surface area contributed by atoms with Crippen molar-refractivity contribution in [3.63, 3.8) is 0 Å². The van der Waals surface area contributed by atoms with Crippen molar-refractivity contribution in [3.05, 3.63) is 34.4 Å². The predicted octanol–water partition coefficient (Wildman–Crippen LogP) is 2.55. The molecule has 1 rings (SSSR count). The maximum Gasteiger partial charge on any atom is 0.252 e. The molecular weight excluding hydrogens is 186 g/mol. The molecule has 0 aliphatic heterocycles. The Morgan fingerprint density at radius 2 is 1.85 bits per heavy atom. The Kier molecular flexibility index (Phi) is 2.69. The number of hydrogen-bond acceptors (Lipinski definition) is 2. The molecule has 2 nitrogen and oxygen atoms in total. The lowest BCUT2D eigenvalue weighted by molar-refractivity contribution is 0.108. The minimum atomic E-state index is -0.490. The van der Waals surface area contributed by atoms with Gasteiger partial charge in [0, 0.05) is 5.56 Å². The number of hydrogen-bond donors (Lipinski definition) is 0. The van der Waals surface area contributed by atoms with Crippen molar-refractivity contribution in [1.29, 1.82) is 5.26 Å². The molecule has 13 heavy (non-hydrogen) atoms. The Balaban J connectivity index is 3.39. The van der Waals surface area contributed by atoms with Gasteiger partial charge in [0.2, 0.25) is 0 Å². The molecule has 0 amide bonds. The van der Waals surface area contributed by atoms with Gasteiger partial charge < -0.3 is 0 Å². The molecule has 66 valence electrons. The van der Waals surface area contributed by atoms with Crippen LogP contribution in [0.4, 0.5) is 0 Å². The Labute approximate surface area is 81.7 Å². The van der Waals surface area contributed by atoms with E-state index in [2.05, 4.69) is 6.07 Å². The van der Waals surface area contributed by atoms with Gasteiger partial charge in [0.15, 0.2) is 0 Å². The summed E-state index contributed by atoms with van der Waals surface area (Å²) in [5.74, 6) is 0. The third kappa shape index (κ3) is 1.88. The summed E-state index contributed by atoms with van der Waals surface area (Å²) >= 11 is 5.32. The minimum absolute atomic E-state index is 0.440. The van der Waals surface area contributed by atoms with E-state index in [-0.39, 0.29) is 0 Å². The van der Waals surface area contributed by atoms with Gasteiger partial charge in [-0.3, -0.25) is 4.79 Å². The van der Waals surface area contributed by atoms with Crippen LogP contribution in [0.2, 0.25) is 0 Å². The summed E-state index contributed by atoms with van der Waals surface area (Å²) in [4.78, 5) is 10.8. The molecule has 0 fully saturated rings. The zero-order valence-electron chi connectivity index (χ0n) is 7.39. The summed E-state index contributed by atoms with van der Waals surface area (Å²) in [5, 5.41) is 8.27. The van der Waals surface area contributed by atoms with Gasteiger partial charge in [-0.2, -0.15) is 5.26 Å². The number of rotatable bonds is 1. The number of carbonyl (C=O) groups excluding carboxylic acids is 1. The average Bonchev–Trinajstić information content (AvgIpc) is 2.03. The number of carbonyl (C=O) groups is 1. The maximum absolute atomic E-state index is 10.8. The molecule has 0 N–H and O–H groups in total. The quantitative estimate of drug-likeness (QED) is 0.644. The summed E-state index contributed by atoms with van der Waals surface area (Å²) in [6.45, 7) is 3.57. The van der Waals surface area contributed by atoms with E-state index in [4.69, 9.17) is 16.9 Å². The molecule has 0 aliphatic carbocycles. The van der Waals surface area contributed by atoms with Crippen molar-refractivity contribution in [1.82, 2.24) is 0 Å². The molecule has 0 unspecified atom stereocenters. The molecule has 0 bridgehead atoms. The Bertz CT molecular complexity index is 381. The van der Waals surface area contributed by atoms with Gasteiger partial charge in [0.05, 0.1) is 11.6 Å². The number of nitrogens with zero attached hydrogens (tertiary/aromatic N) is 1. The SMILES string of the molecule is Cc1cc(C(=O)Cl)cc(C)c1C#N. The molecule has 0 atom stereocenters. The predicted molar refractivity (Wildman–Crippen MR) is 50.8 cm³/mol. The van der Waals surface area contributed by atoms with E-state index in [0.29, 0.717) is 11.1 Å². The van der Waals surface area contributed by atoms with Crippen LogP contribution < -0.4 is 0 Å². The number of aryl methyl sites for hydroxylation is 2. The highest BCUT2D eigenvalue weighted by atomic mass is 35.5. The largest absolute Gasteiger partial charge is 0.276 e. The number of halogens is 1. The van der Waals surface area contributed by atoms with Gasteiger partial charge in [0.25, 0.3) is 5.24 Å². The van der Waals surface area contributed by atoms with Crippen molar-refractivity contribution in [3.8, 4) is 6.07 Å². The minimum Gasteiger partial charge on any atom is -0.276 e. The molecule has 1 aromatic carbocycles. The van der Waals surface area contributed by atoms with E-state index in [1.54, 1.807) is 26.0 Å². The van der Waals surface area contributed by atoms with Gasteiger partial charge in [-0.1, -0.05) is 0 Å². The maximum atomic E-state index is 10.8. The van der Waals surface area contributed by atoms with E-state index < -0.39 is 5.24 Å². The van der Waals surface area contributed by atoms with Gasteiger partial charge in [-0.05, 0) is 48.7 Å². The van der Waals surface area contributed by atoms with Gasteiger partial charge in [0.1, 0.15) is 0 Å². The molecule has 3 heteroatoms. The van der Waals surface area contributed by atoms with Crippen LogP contribution in [-0.2, 0) is 0 Å². The van der Waals surface area contributed by atoms with E-state index in [0.717, 1.165) is 11.1 Å². The monoisotopic (exact) mass is 193 g/mol. The first kappa shape index (κ1) is 9.76. The summed E-state index contributed by atoms with van der Waals surface area (Å²) in [5.41, 5.74) is 2.62. The normalized spacial score (nSPS) is 9.38. The van der Waals surface area contributed by atoms with Crippen molar-refractivity contribution in [2.45, 2.75) is 13.8 Å². The fraction of sp³-hybridized carbons (Fsp3) is 0.200. The van der Waals surface area contributed by atoms with E-state index >= 15 is 0 Å². The highest BCUT2D eigenvalue weighted by Gasteiger charge is 2.07. The van der Waals surface area contributed by atoms with E-state index in [9.17, 15) is 4.79 Å². The molecule has 0 saturated heterocycles. The molecule has 1 aromatic rings. The van der Waals surface area contributed by atoms with Gasteiger partial charge >= 0.3 is 0 Å². The Hall–Kier alpha value is -1.33.